The summed E-state index contributed by atoms with van der Waals surface area (Å²) >= 11 is 0. The number of carbonyl (C=O) groups is 1. The molecule has 0 saturated heterocycles. The Morgan fingerprint density at radius 3 is 2.62 bits per heavy atom. The second-order valence-corrected chi connectivity index (χ2v) is 4.94. The number of benzene rings is 2. The molecule has 112 valence electrons. The van der Waals surface area contributed by atoms with E-state index in [0.717, 1.165) is 22.1 Å². The van der Waals surface area contributed by atoms with Gasteiger partial charge in [-0.3, -0.25) is 4.79 Å². The number of carbonyl (C=O) groups excluding carboxylic acids is 1. The lowest BCUT2D eigenvalue weighted by atomic mass is 9.98. The van der Waals surface area contributed by atoms with Crippen LogP contribution in [0.25, 0.3) is 10.8 Å². The molecule has 0 radical (unpaired) electrons. The third-order valence-corrected chi connectivity index (χ3v) is 3.47. The molecule has 0 aliphatic carbocycles. The van der Waals surface area contributed by atoms with E-state index < -0.39 is 0 Å². The molecule has 0 aliphatic rings. The minimum atomic E-state index is -0.324. The first-order chi connectivity index (χ1) is 10.2. The zero-order chi connectivity index (χ0) is 15.2. The summed E-state index contributed by atoms with van der Waals surface area (Å²) in [4.78, 5) is 11.9. The second kappa shape index (κ2) is 7.09. The maximum absolute atomic E-state index is 11.9. The number of hydrogen-bond acceptors (Lipinski definition) is 4. The van der Waals surface area contributed by atoms with Crippen molar-refractivity contribution >= 4 is 16.7 Å². The van der Waals surface area contributed by atoms with Crippen molar-refractivity contribution in [2.75, 3.05) is 20.3 Å². The number of esters is 1. The fourth-order valence-electron chi connectivity index (χ4n) is 2.14. The molecule has 1 atom stereocenters. The van der Waals surface area contributed by atoms with Crippen molar-refractivity contribution in [2.45, 2.75) is 19.3 Å². The lowest BCUT2D eigenvalue weighted by molar-refractivity contribution is -0.145. The van der Waals surface area contributed by atoms with Gasteiger partial charge >= 0.3 is 5.97 Å². The lowest BCUT2D eigenvalue weighted by Crippen LogP contribution is -2.14. The molecule has 21 heavy (non-hydrogen) atoms. The molecule has 0 fully saturated rings. The van der Waals surface area contributed by atoms with E-state index in [2.05, 4.69) is 0 Å². The van der Waals surface area contributed by atoms with Crippen molar-refractivity contribution in [1.82, 2.24) is 0 Å². The van der Waals surface area contributed by atoms with Crippen LogP contribution < -0.4 is 4.74 Å². The van der Waals surface area contributed by atoms with Gasteiger partial charge in [-0.05, 0) is 35.4 Å². The van der Waals surface area contributed by atoms with Crippen LogP contribution in [0.5, 0.6) is 5.75 Å². The molecular weight excluding hydrogens is 268 g/mol. The van der Waals surface area contributed by atoms with E-state index in [0.29, 0.717) is 6.42 Å². The largest absolute Gasteiger partial charge is 0.497 e. The number of ether oxygens (including phenoxy) is 2. The first-order valence-electron chi connectivity index (χ1n) is 7.01. The Hall–Kier alpha value is -2.07. The fraction of sp³-hybridized carbons (Fsp3) is 0.353. The SMILES string of the molecule is COc1ccc2cc(C(C)C(=O)OCCCO)ccc2c1. The first kappa shape index (κ1) is 15.3. The highest BCUT2D eigenvalue weighted by atomic mass is 16.5. The zero-order valence-corrected chi connectivity index (χ0v) is 12.3. The number of hydrogen-bond donors (Lipinski definition) is 1. The molecule has 2 aromatic rings. The summed E-state index contributed by atoms with van der Waals surface area (Å²) in [6.07, 6.45) is 0.468. The molecule has 0 bridgehead atoms. The zero-order valence-electron chi connectivity index (χ0n) is 12.3. The van der Waals surface area contributed by atoms with Gasteiger partial charge in [0.1, 0.15) is 5.75 Å². The Morgan fingerprint density at radius 2 is 1.90 bits per heavy atom. The highest BCUT2D eigenvalue weighted by Gasteiger charge is 2.17. The maximum atomic E-state index is 11.9. The first-order valence-corrected chi connectivity index (χ1v) is 7.01. The molecule has 0 aliphatic heterocycles. The standard InChI is InChI=1S/C17H20O4/c1-12(17(19)21-9-3-8-18)13-4-5-15-11-16(20-2)7-6-14(15)10-13/h4-7,10-12,18H,3,8-9H2,1-2H3. The Bertz CT molecular complexity index is 621. The maximum Gasteiger partial charge on any atom is 0.313 e. The quantitative estimate of drug-likeness (QED) is 0.656. The summed E-state index contributed by atoms with van der Waals surface area (Å²) in [7, 11) is 1.64. The molecule has 0 amide bonds. The van der Waals surface area contributed by atoms with Gasteiger partial charge in [-0.25, -0.2) is 0 Å². The van der Waals surface area contributed by atoms with Crippen LogP contribution >= 0.6 is 0 Å². The summed E-state index contributed by atoms with van der Waals surface area (Å²) < 4.78 is 10.3. The highest BCUT2D eigenvalue weighted by Crippen LogP contribution is 2.25. The molecule has 2 rings (SSSR count). The van der Waals surface area contributed by atoms with Crippen LogP contribution in [0.3, 0.4) is 0 Å². The Morgan fingerprint density at radius 1 is 1.19 bits per heavy atom. The molecule has 1 unspecified atom stereocenters. The van der Waals surface area contributed by atoms with Crippen molar-refractivity contribution in [3.63, 3.8) is 0 Å². The Balaban J connectivity index is 2.16. The van der Waals surface area contributed by atoms with Crippen LogP contribution in [-0.4, -0.2) is 31.4 Å². The average Bonchev–Trinajstić information content (AvgIpc) is 2.53. The number of fused-ring (bicyclic) bond motifs is 1. The predicted molar refractivity (Wildman–Crippen MR) is 81.6 cm³/mol. The molecular formula is C17H20O4. The third-order valence-electron chi connectivity index (χ3n) is 3.47. The molecule has 2 aromatic carbocycles. The van der Waals surface area contributed by atoms with Gasteiger partial charge < -0.3 is 14.6 Å². The molecule has 0 aromatic heterocycles. The molecule has 0 heterocycles. The van der Waals surface area contributed by atoms with Crippen molar-refractivity contribution in [3.8, 4) is 5.75 Å². The number of aliphatic hydroxyl groups is 1. The number of aliphatic hydroxyl groups excluding tert-OH is 1. The van der Waals surface area contributed by atoms with E-state index in [1.807, 2.05) is 43.3 Å². The van der Waals surface area contributed by atoms with Gasteiger partial charge in [-0.2, -0.15) is 0 Å². The monoisotopic (exact) mass is 288 g/mol. The fourth-order valence-corrected chi connectivity index (χ4v) is 2.14. The van der Waals surface area contributed by atoms with Crippen LogP contribution in [0, 0.1) is 0 Å². The van der Waals surface area contributed by atoms with Crippen LogP contribution in [-0.2, 0) is 9.53 Å². The summed E-state index contributed by atoms with van der Waals surface area (Å²) in [5.74, 6) is 0.221. The van der Waals surface area contributed by atoms with Crippen LogP contribution in [0.4, 0.5) is 0 Å². The van der Waals surface area contributed by atoms with Gasteiger partial charge in [0.05, 0.1) is 19.6 Å². The van der Waals surface area contributed by atoms with Crippen LogP contribution in [0.2, 0.25) is 0 Å². The molecule has 4 nitrogen and oxygen atoms in total. The van der Waals surface area contributed by atoms with Crippen molar-refractivity contribution in [3.05, 3.63) is 42.0 Å². The molecule has 0 spiro atoms. The van der Waals surface area contributed by atoms with Crippen molar-refractivity contribution in [1.29, 1.82) is 0 Å². The van der Waals surface area contributed by atoms with Crippen molar-refractivity contribution in [2.24, 2.45) is 0 Å². The van der Waals surface area contributed by atoms with Gasteiger partial charge in [0.25, 0.3) is 0 Å². The summed E-state index contributed by atoms with van der Waals surface area (Å²) in [6, 6.07) is 11.7. The predicted octanol–water partition coefficient (Wildman–Crippen LogP) is 2.88. The smallest absolute Gasteiger partial charge is 0.313 e. The van der Waals surface area contributed by atoms with E-state index in [1.165, 1.54) is 0 Å². The van der Waals surface area contributed by atoms with Crippen LogP contribution in [0.15, 0.2) is 36.4 Å². The van der Waals surface area contributed by atoms with Gasteiger partial charge in [0.2, 0.25) is 0 Å². The third kappa shape index (κ3) is 3.73. The molecule has 0 saturated carbocycles. The Labute approximate surface area is 124 Å². The lowest BCUT2D eigenvalue weighted by Gasteiger charge is -2.12. The summed E-state index contributed by atoms with van der Waals surface area (Å²) in [5, 5.41) is 10.8. The van der Waals surface area contributed by atoms with Gasteiger partial charge in [-0.15, -0.1) is 0 Å². The van der Waals surface area contributed by atoms with E-state index >= 15 is 0 Å². The number of rotatable bonds is 6. The minimum absolute atomic E-state index is 0.0273. The van der Waals surface area contributed by atoms with Gasteiger partial charge in [0, 0.05) is 13.0 Å². The second-order valence-electron chi connectivity index (χ2n) is 4.94. The molecule has 1 N–H and O–H groups in total. The van der Waals surface area contributed by atoms with E-state index in [1.54, 1.807) is 7.11 Å². The van der Waals surface area contributed by atoms with E-state index in [4.69, 9.17) is 14.6 Å². The van der Waals surface area contributed by atoms with E-state index in [9.17, 15) is 4.79 Å². The Kier molecular flexibility index (Phi) is 5.17. The van der Waals surface area contributed by atoms with E-state index in [-0.39, 0.29) is 25.1 Å². The summed E-state index contributed by atoms with van der Waals surface area (Å²) in [5.41, 5.74) is 0.918. The summed E-state index contributed by atoms with van der Waals surface area (Å²) in [6.45, 7) is 2.11. The topological polar surface area (TPSA) is 55.8 Å². The van der Waals surface area contributed by atoms with Gasteiger partial charge in [0.15, 0.2) is 0 Å². The number of methoxy groups -OCH3 is 1. The van der Waals surface area contributed by atoms with Gasteiger partial charge in [-0.1, -0.05) is 24.3 Å². The molecule has 4 heteroatoms. The normalized spacial score (nSPS) is 12.1. The highest BCUT2D eigenvalue weighted by molar-refractivity contribution is 5.86. The van der Waals surface area contributed by atoms with Crippen molar-refractivity contribution < 1.29 is 19.4 Å². The minimum Gasteiger partial charge on any atom is -0.497 e. The van der Waals surface area contributed by atoms with Crippen LogP contribution in [0.1, 0.15) is 24.8 Å². The average molecular weight is 288 g/mol.